The molecule has 0 unspecified atom stereocenters. The summed E-state index contributed by atoms with van der Waals surface area (Å²) in [7, 11) is 4.06. The van der Waals surface area contributed by atoms with Crippen molar-refractivity contribution in [1.29, 1.82) is 0 Å². The normalized spacial score (nSPS) is 10.2. The van der Waals surface area contributed by atoms with E-state index in [1.54, 1.807) is 0 Å². The van der Waals surface area contributed by atoms with E-state index in [1.165, 1.54) is 5.69 Å². The molecule has 2 nitrogen and oxygen atoms in total. The van der Waals surface area contributed by atoms with Gasteiger partial charge in [0.15, 0.2) is 0 Å². The largest absolute Gasteiger partial charge is 0.378 e. The summed E-state index contributed by atoms with van der Waals surface area (Å²) in [5, 5.41) is 4.12. The zero-order valence-corrected chi connectivity index (χ0v) is 11.6. The van der Waals surface area contributed by atoms with Gasteiger partial charge in [0.1, 0.15) is 0 Å². The predicted molar refractivity (Wildman–Crippen MR) is 80.2 cm³/mol. The maximum absolute atomic E-state index is 6.10. The molecule has 0 saturated carbocycles. The highest BCUT2D eigenvalue weighted by Crippen LogP contribution is 2.24. The second kappa shape index (κ2) is 5.32. The van der Waals surface area contributed by atoms with Crippen LogP contribution in [0.1, 0.15) is 5.56 Å². The van der Waals surface area contributed by atoms with E-state index >= 15 is 0 Å². The molecule has 18 heavy (non-hydrogen) atoms. The van der Waals surface area contributed by atoms with Crippen molar-refractivity contribution in [1.82, 2.24) is 0 Å². The van der Waals surface area contributed by atoms with Gasteiger partial charge in [-0.1, -0.05) is 17.7 Å². The van der Waals surface area contributed by atoms with Crippen LogP contribution in [0.3, 0.4) is 0 Å². The van der Waals surface area contributed by atoms with E-state index < -0.39 is 0 Å². The van der Waals surface area contributed by atoms with E-state index in [4.69, 9.17) is 11.6 Å². The van der Waals surface area contributed by atoms with Gasteiger partial charge in [-0.15, -0.1) is 0 Å². The highest BCUT2D eigenvalue weighted by atomic mass is 35.5. The van der Waals surface area contributed by atoms with Crippen LogP contribution in [-0.4, -0.2) is 14.1 Å². The zero-order valence-electron chi connectivity index (χ0n) is 10.9. The molecule has 3 heteroatoms. The van der Waals surface area contributed by atoms with Crippen LogP contribution in [-0.2, 0) is 0 Å². The smallest absolute Gasteiger partial charge is 0.0455 e. The van der Waals surface area contributed by atoms with E-state index in [1.807, 2.05) is 39.2 Å². The first-order chi connectivity index (χ1) is 8.56. The van der Waals surface area contributed by atoms with E-state index in [0.717, 1.165) is 22.0 Å². The maximum Gasteiger partial charge on any atom is 0.0455 e. The Balaban J connectivity index is 2.15. The quantitative estimate of drug-likeness (QED) is 0.877. The molecule has 0 radical (unpaired) electrons. The summed E-state index contributed by atoms with van der Waals surface area (Å²) in [5.74, 6) is 0. The molecule has 0 heterocycles. The molecule has 0 aromatic heterocycles. The molecule has 0 aliphatic rings. The van der Waals surface area contributed by atoms with Crippen molar-refractivity contribution in [3.8, 4) is 0 Å². The molecule has 0 aliphatic carbocycles. The van der Waals surface area contributed by atoms with Gasteiger partial charge >= 0.3 is 0 Å². The second-order valence-electron chi connectivity index (χ2n) is 4.53. The number of anilines is 3. The molecule has 2 aromatic carbocycles. The van der Waals surface area contributed by atoms with Crippen LogP contribution in [0.15, 0.2) is 42.5 Å². The van der Waals surface area contributed by atoms with Gasteiger partial charge in [0.2, 0.25) is 0 Å². The van der Waals surface area contributed by atoms with Gasteiger partial charge in [-0.05, 0) is 48.9 Å². The lowest BCUT2D eigenvalue weighted by molar-refractivity contribution is 1.13. The Morgan fingerprint density at radius 1 is 0.944 bits per heavy atom. The van der Waals surface area contributed by atoms with Crippen molar-refractivity contribution in [3.05, 3.63) is 53.1 Å². The minimum Gasteiger partial charge on any atom is -0.378 e. The number of halogens is 1. The Morgan fingerprint density at radius 2 is 1.56 bits per heavy atom. The molecule has 0 amide bonds. The van der Waals surface area contributed by atoms with Crippen molar-refractivity contribution >= 4 is 28.7 Å². The van der Waals surface area contributed by atoms with Crippen LogP contribution in [0.4, 0.5) is 17.1 Å². The SMILES string of the molecule is Cc1ccc(Nc2ccc(N(C)C)cc2)cc1Cl. The third-order valence-corrected chi connectivity index (χ3v) is 3.25. The Bertz CT molecular complexity index is 533. The summed E-state index contributed by atoms with van der Waals surface area (Å²) in [6.45, 7) is 2.00. The fraction of sp³-hybridized carbons (Fsp3) is 0.200. The van der Waals surface area contributed by atoms with Gasteiger partial charge in [-0.2, -0.15) is 0 Å². The van der Waals surface area contributed by atoms with Crippen molar-refractivity contribution in [2.24, 2.45) is 0 Å². The minimum absolute atomic E-state index is 0.782. The van der Waals surface area contributed by atoms with Crippen LogP contribution < -0.4 is 10.2 Å². The molecule has 94 valence electrons. The first-order valence-corrected chi connectivity index (χ1v) is 6.24. The van der Waals surface area contributed by atoms with Gasteiger partial charge in [0.05, 0.1) is 0 Å². The predicted octanol–water partition coefficient (Wildman–Crippen LogP) is 4.46. The summed E-state index contributed by atoms with van der Waals surface area (Å²) >= 11 is 6.10. The van der Waals surface area contributed by atoms with Gasteiger partial charge in [0, 0.05) is 36.2 Å². The fourth-order valence-electron chi connectivity index (χ4n) is 1.68. The molecule has 0 spiro atoms. The molecule has 0 fully saturated rings. The van der Waals surface area contributed by atoms with Gasteiger partial charge < -0.3 is 10.2 Å². The minimum atomic E-state index is 0.782. The van der Waals surface area contributed by atoms with Crippen molar-refractivity contribution in [2.75, 3.05) is 24.3 Å². The first kappa shape index (κ1) is 12.8. The Labute approximate surface area is 113 Å². The van der Waals surface area contributed by atoms with Crippen LogP contribution >= 0.6 is 11.6 Å². The number of benzene rings is 2. The van der Waals surface area contributed by atoms with Crippen LogP contribution in [0, 0.1) is 6.92 Å². The highest BCUT2D eigenvalue weighted by Gasteiger charge is 1.99. The summed E-state index contributed by atoms with van der Waals surface area (Å²) in [4.78, 5) is 2.08. The number of hydrogen-bond acceptors (Lipinski definition) is 2. The number of nitrogens with zero attached hydrogens (tertiary/aromatic N) is 1. The molecule has 0 bridgehead atoms. The van der Waals surface area contributed by atoms with Crippen LogP contribution in [0.25, 0.3) is 0 Å². The molecule has 2 rings (SSSR count). The van der Waals surface area contributed by atoms with E-state index in [-0.39, 0.29) is 0 Å². The summed E-state index contributed by atoms with van der Waals surface area (Å²) in [6, 6.07) is 14.3. The van der Waals surface area contributed by atoms with E-state index in [0.29, 0.717) is 0 Å². The second-order valence-corrected chi connectivity index (χ2v) is 4.94. The van der Waals surface area contributed by atoms with E-state index in [2.05, 4.69) is 34.5 Å². The topological polar surface area (TPSA) is 15.3 Å². The molecule has 0 atom stereocenters. The molecule has 0 aliphatic heterocycles. The fourth-order valence-corrected chi connectivity index (χ4v) is 1.86. The van der Waals surface area contributed by atoms with Crippen molar-refractivity contribution < 1.29 is 0 Å². The standard InChI is InChI=1S/C15H17ClN2/c1-11-4-5-13(10-15(11)16)17-12-6-8-14(9-7-12)18(2)3/h4-10,17H,1-3H3. The molecular formula is C15H17ClN2. The zero-order chi connectivity index (χ0) is 13.1. The Morgan fingerprint density at radius 3 is 2.11 bits per heavy atom. The maximum atomic E-state index is 6.10. The average molecular weight is 261 g/mol. The van der Waals surface area contributed by atoms with Crippen molar-refractivity contribution in [2.45, 2.75) is 6.92 Å². The lowest BCUT2D eigenvalue weighted by Crippen LogP contribution is -2.08. The van der Waals surface area contributed by atoms with Gasteiger partial charge in [-0.25, -0.2) is 0 Å². The van der Waals surface area contributed by atoms with Gasteiger partial charge in [-0.3, -0.25) is 0 Å². The lowest BCUT2D eigenvalue weighted by atomic mass is 10.2. The van der Waals surface area contributed by atoms with Crippen LogP contribution in [0.5, 0.6) is 0 Å². The van der Waals surface area contributed by atoms with E-state index in [9.17, 15) is 0 Å². The third kappa shape index (κ3) is 2.96. The summed E-state index contributed by atoms with van der Waals surface area (Å²) < 4.78 is 0. The Hall–Kier alpha value is -1.67. The summed E-state index contributed by atoms with van der Waals surface area (Å²) in [5.41, 5.74) is 4.33. The monoisotopic (exact) mass is 260 g/mol. The molecular weight excluding hydrogens is 244 g/mol. The number of hydrogen-bond donors (Lipinski definition) is 1. The van der Waals surface area contributed by atoms with Crippen molar-refractivity contribution in [3.63, 3.8) is 0 Å². The molecule has 0 saturated heterocycles. The number of aryl methyl sites for hydroxylation is 1. The highest BCUT2D eigenvalue weighted by molar-refractivity contribution is 6.31. The number of rotatable bonds is 3. The van der Waals surface area contributed by atoms with Crippen LogP contribution in [0.2, 0.25) is 5.02 Å². The van der Waals surface area contributed by atoms with Gasteiger partial charge in [0.25, 0.3) is 0 Å². The number of nitrogens with one attached hydrogen (secondary N) is 1. The molecule has 2 aromatic rings. The first-order valence-electron chi connectivity index (χ1n) is 5.87. The molecule has 1 N–H and O–H groups in total. The average Bonchev–Trinajstić information content (AvgIpc) is 2.34. The third-order valence-electron chi connectivity index (χ3n) is 2.84. The Kier molecular flexibility index (Phi) is 3.78. The summed E-state index contributed by atoms with van der Waals surface area (Å²) in [6.07, 6.45) is 0. The lowest BCUT2D eigenvalue weighted by Gasteiger charge is -2.13.